The Hall–Kier alpha value is -1.44. The van der Waals surface area contributed by atoms with Crippen LogP contribution in [0.5, 0.6) is 0 Å². The predicted octanol–water partition coefficient (Wildman–Crippen LogP) is 2.64. The van der Waals surface area contributed by atoms with Crippen LogP contribution in [0, 0.1) is 11.3 Å². The van der Waals surface area contributed by atoms with E-state index >= 15 is 0 Å². The first kappa shape index (κ1) is 18.4. The van der Waals surface area contributed by atoms with Gasteiger partial charge in [0.2, 0.25) is 0 Å². The number of H-pyrrole nitrogens is 1. The molecule has 0 saturated heterocycles. The molecule has 7 nitrogen and oxygen atoms in total. The molecule has 0 spiro atoms. The van der Waals surface area contributed by atoms with E-state index < -0.39 is 14.6 Å². The quantitative estimate of drug-likeness (QED) is 0.864. The van der Waals surface area contributed by atoms with Crippen molar-refractivity contribution in [2.45, 2.75) is 64.7 Å². The third kappa shape index (κ3) is 3.45. The zero-order chi connectivity index (χ0) is 18.6. The minimum atomic E-state index is -3.28. The van der Waals surface area contributed by atoms with Crippen LogP contribution in [0.1, 0.15) is 71.6 Å². The van der Waals surface area contributed by atoms with E-state index in [4.69, 9.17) is 0 Å². The van der Waals surface area contributed by atoms with Crippen LogP contribution in [-0.2, 0) is 14.6 Å². The van der Waals surface area contributed by atoms with Crippen LogP contribution in [0.2, 0.25) is 0 Å². The molecule has 0 bridgehead atoms. The number of nitrogens with one attached hydrogen (secondary N) is 1. The Morgan fingerprint density at radius 1 is 1.16 bits per heavy atom. The summed E-state index contributed by atoms with van der Waals surface area (Å²) < 4.78 is 24.5. The van der Waals surface area contributed by atoms with Gasteiger partial charge in [0.05, 0.1) is 5.75 Å². The van der Waals surface area contributed by atoms with Crippen molar-refractivity contribution in [3.05, 3.63) is 11.6 Å². The minimum Gasteiger partial charge on any atom is -0.326 e. The summed E-state index contributed by atoms with van der Waals surface area (Å²) in [6, 6.07) is -0.0302. The number of sulfone groups is 1. The molecule has 1 fully saturated rings. The molecule has 0 aromatic carbocycles. The van der Waals surface area contributed by atoms with Crippen molar-refractivity contribution >= 4 is 15.5 Å². The number of aromatic amines is 1. The molecule has 1 aromatic heterocycles. The zero-order valence-corrected chi connectivity index (χ0v) is 16.8. The Morgan fingerprint density at radius 3 is 2.32 bits per heavy atom. The second-order valence-corrected chi connectivity index (χ2v) is 11.5. The van der Waals surface area contributed by atoms with Gasteiger partial charge < -0.3 is 4.98 Å². The van der Waals surface area contributed by atoms with E-state index in [0.29, 0.717) is 17.6 Å². The number of rotatable bonds is 5. The first-order valence-electron chi connectivity index (χ1n) is 8.88. The van der Waals surface area contributed by atoms with E-state index in [2.05, 4.69) is 41.1 Å². The van der Waals surface area contributed by atoms with Crippen molar-refractivity contribution in [1.82, 2.24) is 20.2 Å². The second kappa shape index (κ2) is 5.79. The Labute approximate surface area is 150 Å². The summed E-state index contributed by atoms with van der Waals surface area (Å²) in [5, 5.41) is 15.0. The van der Waals surface area contributed by atoms with Crippen LogP contribution in [0.3, 0.4) is 0 Å². The Bertz CT molecular complexity index is 784. The van der Waals surface area contributed by atoms with Crippen molar-refractivity contribution in [3.63, 3.8) is 0 Å². The summed E-state index contributed by atoms with van der Waals surface area (Å²) in [7, 11) is -1.37. The normalized spacial score (nSPS) is 22.4. The lowest BCUT2D eigenvalue weighted by Gasteiger charge is -2.22. The lowest BCUT2D eigenvalue weighted by atomic mass is 9.87. The Morgan fingerprint density at radius 2 is 1.80 bits per heavy atom. The van der Waals surface area contributed by atoms with Gasteiger partial charge >= 0.3 is 0 Å². The molecule has 25 heavy (non-hydrogen) atoms. The van der Waals surface area contributed by atoms with Crippen molar-refractivity contribution < 1.29 is 8.42 Å². The lowest BCUT2D eigenvalue weighted by molar-refractivity contribution is 0.279. The fourth-order valence-electron chi connectivity index (χ4n) is 2.99. The highest BCUT2D eigenvalue weighted by molar-refractivity contribution is 7.92. The van der Waals surface area contributed by atoms with Crippen molar-refractivity contribution in [1.29, 1.82) is 0 Å². The van der Waals surface area contributed by atoms with E-state index in [1.54, 1.807) is 13.8 Å². The molecular weight excluding hydrogens is 338 g/mol. The van der Waals surface area contributed by atoms with Gasteiger partial charge in [-0.3, -0.25) is 5.01 Å². The van der Waals surface area contributed by atoms with Crippen LogP contribution in [0.15, 0.2) is 5.10 Å². The topological polar surface area (TPSA) is 91.3 Å². The SMILES string of the molecule is CN1N=C(C(C)(C)C)CC1c1nnc(C(C)(C)S(=O)(=O)CC2CC2)[nH]1. The van der Waals surface area contributed by atoms with Gasteiger partial charge in [0.25, 0.3) is 0 Å². The maximum Gasteiger partial charge on any atom is 0.163 e. The molecule has 0 radical (unpaired) electrons. The molecule has 2 heterocycles. The standard InChI is InChI=1S/C17H29N5O2S/c1-16(2,3)13-9-12(22(6)21-13)14-18-15(20-19-14)17(4,5)25(23,24)10-11-7-8-11/h11-12H,7-10H2,1-6H3,(H,18,19,20). The Kier molecular flexibility index (Phi) is 4.25. The number of hydrogen-bond donors (Lipinski definition) is 1. The molecule has 1 aliphatic carbocycles. The summed E-state index contributed by atoms with van der Waals surface area (Å²) in [6.07, 6.45) is 2.79. The zero-order valence-electron chi connectivity index (χ0n) is 16.0. The van der Waals surface area contributed by atoms with Crippen LogP contribution >= 0.6 is 0 Å². The summed E-state index contributed by atoms with van der Waals surface area (Å²) in [6.45, 7) is 9.85. The first-order chi connectivity index (χ1) is 11.4. The third-order valence-electron chi connectivity index (χ3n) is 5.30. The van der Waals surface area contributed by atoms with E-state index in [1.165, 1.54) is 0 Å². The molecule has 140 valence electrons. The van der Waals surface area contributed by atoms with Gasteiger partial charge in [-0.15, -0.1) is 10.2 Å². The second-order valence-electron chi connectivity index (χ2n) is 8.88. The highest BCUT2D eigenvalue weighted by Gasteiger charge is 2.43. The monoisotopic (exact) mass is 367 g/mol. The van der Waals surface area contributed by atoms with E-state index in [-0.39, 0.29) is 17.2 Å². The van der Waals surface area contributed by atoms with Crippen molar-refractivity contribution in [2.24, 2.45) is 16.4 Å². The third-order valence-corrected chi connectivity index (χ3v) is 7.96. The summed E-state index contributed by atoms with van der Waals surface area (Å²) in [5.74, 6) is 1.64. The maximum atomic E-state index is 12.8. The molecule has 1 unspecified atom stereocenters. The minimum absolute atomic E-state index is 0.00125. The average molecular weight is 368 g/mol. The molecule has 1 aromatic rings. The fourth-order valence-corrected chi connectivity index (χ4v) is 4.75. The van der Waals surface area contributed by atoms with E-state index in [9.17, 15) is 8.42 Å². The van der Waals surface area contributed by atoms with Crippen LogP contribution in [0.4, 0.5) is 0 Å². The maximum absolute atomic E-state index is 12.8. The molecule has 3 rings (SSSR count). The lowest BCUT2D eigenvalue weighted by Crippen LogP contribution is -2.33. The largest absolute Gasteiger partial charge is 0.326 e. The Balaban J connectivity index is 1.81. The van der Waals surface area contributed by atoms with E-state index in [1.807, 2.05) is 12.1 Å². The summed E-state index contributed by atoms with van der Waals surface area (Å²) in [4.78, 5) is 3.18. The van der Waals surface area contributed by atoms with Gasteiger partial charge in [0.1, 0.15) is 10.8 Å². The van der Waals surface area contributed by atoms with Gasteiger partial charge in [-0.05, 0) is 32.6 Å². The van der Waals surface area contributed by atoms with Crippen LogP contribution in [0.25, 0.3) is 0 Å². The molecule has 0 amide bonds. The molecule has 1 N–H and O–H groups in total. The average Bonchev–Trinajstić information content (AvgIpc) is 2.99. The number of hydrogen-bond acceptors (Lipinski definition) is 6. The number of nitrogens with zero attached hydrogens (tertiary/aromatic N) is 4. The van der Waals surface area contributed by atoms with Crippen LogP contribution < -0.4 is 0 Å². The summed E-state index contributed by atoms with van der Waals surface area (Å²) in [5.41, 5.74) is 1.11. The summed E-state index contributed by atoms with van der Waals surface area (Å²) >= 11 is 0. The molecule has 8 heteroatoms. The van der Waals surface area contributed by atoms with Gasteiger partial charge in [0, 0.05) is 24.6 Å². The molecule has 1 aliphatic heterocycles. The molecular formula is C17H29N5O2S. The number of aromatic nitrogens is 3. The first-order valence-corrected chi connectivity index (χ1v) is 10.5. The number of hydrazone groups is 1. The predicted molar refractivity (Wildman–Crippen MR) is 97.9 cm³/mol. The van der Waals surface area contributed by atoms with Gasteiger partial charge in [0.15, 0.2) is 21.5 Å². The smallest absolute Gasteiger partial charge is 0.163 e. The van der Waals surface area contributed by atoms with Gasteiger partial charge in [-0.2, -0.15) is 5.10 Å². The molecule has 1 atom stereocenters. The molecule has 1 saturated carbocycles. The van der Waals surface area contributed by atoms with Crippen LogP contribution in [-0.4, -0.2) is 47.1 Å². The van der Waals surface area contributed by atoms with Crippen molar-refractivity contribution in [2.75, 3.05) is 12.8 Å². The fraction of sp³-hybridized carbons (Fsp3) is 0.824. The highest BCUT2D eigenvalue weighted by Crippen LogP contribution is 2.38. The van der Waals surface area contributed by atoms with Crippen molar-refractivity contribution in [3.8, 4) is 0 Å². The molecule has 2 aliphatic rings. The van der Waals surface area contributed by atoms with Gasteiger partial charge in [-0.25, -0.2) is 8.42 Å². The van der Waals surface area contributed by atoms with E-state index in [0.717, 1.165) is 25.0 Å². The van der Waals surface area contributed by atoms with Gasteiger partial charge in [-0.1, -0.05) is 20.8 Å². The highest BCUT2D eigenvalue weighted by atomic mass is 32.2.